The van der Waals surface area contributed by atoms with Gasteiger partial charge in [-0.05, 0) is 19.4 Å². The van der Waals surface area contributed by atoms with E-state index in [1.165, 1.54) is 12.5 Å². The van der Waals surface area contributed by atoms with E-state index in [9.17, 15) is 13.6 Å². The third-order valence-corrected chi connectivity index (χ3v) is 3.35. The normalized spacial score (nSPS) is 12.0. The van der Waals surface area contributed by atoms with Crippen molar-refractivity contribution in [3.05, 3.63) is 29.3 Å². The van der Waals surface area contributed by atoms with Crippen molar-refractivity contribution in [1.29, 1.82) is 0 Å². The summed E-state index contributed by atoms with van der Waals surface area (Å²) in [6.07, 6.45) is 5.43. The van der Waals surface area contributed by atoms with Crippen LogP contribution < -0.4 is 5.32 Å². The first-order valence-electron chi connectivity index (χ1n) is 7.33. The molecule has 3 nitrogen and oxygen atoms in total. The SMILES string of the molecule is CCCCCCC(C)Nc1cc(C(=O)OC)c(F)cc1F. The van der Waals surface area contributed by atoms with Gasteiger partial charge in [0.2, 0.25) is 0 Å². The summed E-state index contributed by atoms with van der Waals surface area (Å²) in [5.41, 5.74) is -0.139. The van der Waals surface area contributed by atoms with E-state index in [-0.39, 0.29) is 17.3 Å². The highest BCUT2D eigenvalue weighted by Gasteiger charge is 2.17. The van der Waals surface area contributed by atoms with E-state index in [0.29, 0.717) is 6.07 Å². The van der Waals surface area contributed by atoms with E-state index in [0.717, 1.165) is 32.8 Å². The van der Waals surface area contributed by atoms with Crippen LogP contribution in [-0.2, 0) is 4.74 Å². The third kappa shape index (κ3) is 5.33. The molecule has 1 atom stereocenters. The molecule has 0 spiro atoms. The topological polar surface area (TPSA) is 38.3 Å². The van der Waals surface area contributed by atoms with Crippen LogP contribution in [0.3, 0.4) is 0 Å². The van der Waals surface area contributed by atoms with Gasteiger partial charge in [0, 0.05) is 12.1 Å². The van der Waals surface area contributed by atoms with Crippen LogP contribution in [0.15, 0.2) is 12.1 Å². The molecule has 0 bridgehead atoms. The number of nitrogens with one attached hydrogen (secondary N) is 1. The van der Waals surface area contributed by atoms with Crippen LogP contribution in [0.25, 0.3) is 0 Å². The van der Waals surface area contributed by atoms with E-state index in [1.54, 1.807) is 0 Å². The molecule has 0 saturated heterocycles. The first-order valence-corrected chi connectivity index (χ1v) is 7.33. The molecule has 1 aromatic carbocycles. The Balaban J connectivity index is 2.71. The summed E-state index contributed by atoms with van der Waals surface area (Å²) in [5.74, 6) is -2.44. The van der Waals surface area contributed by atoms with Gasteiger partial charge in [0.15, 0.2) is 0 Å². The molecule has 0 heterocycles. The minimum absolute atomic E-state index is 0.0484. The molecule has 21 heavy (non-hydrogen) atoms. The van der Waals surface area contributed by atoms with E-state index >= 15 is 0 Å². The van der Waals surface area contributed by atoms with E-state index in [2.05, 4.69) is 17.0 Å². The van der Waals surface area contributed by atoms with Crippen LogP contribution in [0, 0.1) is 11.6 Å². The maximum atomic E-state index is 13.7. The van der Waals surface area contributed by atoms with E-state index in [1.807, 2.05) is 6.92 Å². The Bertz CT molecular complexity index is 478. The molecule has 0 amide bonds. The largest absolute Gasteiger partial charge is 0.465 e. The molecule has 0 fully saturated rings. The van der Waals surface area contributed by atoms with Crippen LogP contribution in [0.2, 0.25) is 0 Å². The fourth-order valence-corrected chi connectivity index (χ4v) is 2.14. The molecule has 0 aliphatic heterocycles. The fraction of sp³-hybridized carbons (Fsp3) is 0.562. The van der Waals surface area contributed by atoms with Crippen LogP contribution in [-0.4, -0.2) is 19.1 Å². The molecule has 1 aromatic rings. The number of esters is 1. The quantitative estimate of drug-likeness (QED) is 0.566. The fourth-order valence-electron chi connectivity index (χ4n) is 2.14. The predicted molar refractivity (Wildman–Crippen MR) is 79.5 cm³/mol. The standard InChI is InChI=1S/C16H23F2NO2/c1-4-5-6-7-8-11(2)19-15-9-12(16(20)21-3)13(17)10-14(15)18/h9-11,19H,4-8H2,1-3H3. The molecule has 1 N–H and O–H groups in total. The number of unbranched alkanes of at least 4 members (excludes halogenated alkanes) is 3. The second-order valence-electron chi connectivity index (χ2n) is 5.20. The summed E-state index contributed by atoms with van der Waals surface area (Å²) in [5, 5.41) is 2.98. The number of hydrogen-bond acceptors (Lipinski definition) is 3. The Morgan fingerprint density at radius 3 is 2.57 bits per heavy atom. The summed E-state index contributed by atoms with van der Waals surface area (Å²) >= 11 is 0. The minimum atomic E-state index is -0.916. The van der Waals surface area contributed by atoms with Gasteiger partial charge in [0.25, 0.3) is 0 Å². The Kier molecular flexibility index (Phi) is 7.12. The van der Waals surface area contributed by atoms with Crippen molar-refractivity contribution in [1.82, 2.24) is 0 Å². The van der Waals surface area contributed by atoms with Gasteiger partial charge in [0.05, 0.1) is 18.4 Å². The Hall–Kier alpha value is -1.65. The Labute approximate surface area is 124 Å². The number of ether oxygens (including phenoxy) is 1. The summed E-state index contributed by atoms with van der Waals surface area (Å²) in [6.45, 7) is 4.08. The summed E-state index contributed by atoms with van der Waals surface area (Å²) in [7, 11) is 1.16. The summed E-state index contributed by atoms with van der Waals surface area (Å²) in [6, 6.07) is 1.92. The Morgan fingerprint density at radius 2 is 1.95 bits per heavy atom. The third-order valence-electron chi connectivity index (χ3n) is 3.35. The second-order valence-corrected chi connectivity index (χ2v) is 5.20. The van der Waals surface area contributed by atoms with Gasteiger partial charge in [-0.15, -0.1) is 0 Å². The highest BCUT2D eigenvalue weighted by atomic mass is 19.1. The van der Waals surface area contributed by atoms with Gasteiger partial charge in [-0.25, -0.2) is 13.6 Å². The number of hydrogen-bond donors (Lipinski definition) is 1. The van der Waals surface area contributed by atoms with Gasteiger partial charge in [-0.3, -0.25) is 0 Å². The lowest BCUT2D eigenvalue weighted by molar-refractivity contribution is 0.0595. The molecular formula is C16H23F2NO2. The molecule has 0 aromatic heterocycles. The molecule has 0 radical (unpaired) electrons. The van der Waals surface area contributed by atoms with E-state index in [4.69, 9.17) is 0 Å². The first-order chi connectivity index (χ1) is 9.99. The zero-order valence-corrected chi connectivity index (χ0v) is 12.8. The van der Waals surface area contributed by atoms with Crippen molar-refractivity contribution in [2.24, 2.45) is 0 Å². The first kappa shape index (κ1) is 17.4. The minimum Gasteiger partial charge on any atom is -0.465 e. The second kappa shape index (κ2) is 8.60. The van der Waals surface area contributed by atoms with Crippen molar-refractivity contribution < 1.29 is 18.3 Å². The smallest absolute Gasteiger partial charge is 0.340 e. The van der Waals surface area contributed by atoms with Crippen molar-refractivity contribution >= 4 is 11.7 Å². The van der Waals surface area contributed by atoms with Gasteiger partial charge >= 0.3 is 5.97 Å². The van der Waals surface area contributed by atoms with Gasteiger partial charge < -0.3 is 10.1 Å². The lowest BCUT2D eigenvalue weighted by Gasteiger charge is -2.16. The lowest BCUT2D eigenvalue weighted by atomic mass is 10.1. The number of carbonyl (C=O) groups excluding carboxylic acids is 1. The van der Waals surface area contributed by atoms with Gasteiger partial charge in [-0.2, -0.15) is 0 Å². The Morgan fingerprint density at radius 1 is 1.24 bits per heavy atom. The molecular weight excluding hydrogens is 276 g/mol. The average molecular weight is 299 g/mol. The number of carbonyl (C=O) groups is 1. The van der Waals surface area contributed by atoms with Crippen molar-refractivity contribution in [3.8, 4) is 0 Å². The number of rotatable bonds is 8. The molecule has 0 aliphatic rings. The highest BCUT2D eigenvalue weighted by Crippen LogP contribution is 2.22. The van der Waals surface area contributed by atoms with Crippen molar-refractivity contribution in [2.45, 2.75) is 52.0 Å². The van der Waals surface area contributed by atoms with Gasteiger partial charge in [0.1, 0.15) is 11.6 Å². The molecule has 1 unspecified atom stereocenters. The number of anilines is 1. The average Bonchev–Trinajstić information content (AvgIpc) is 2.45. The van der Waals surface area contributed by atoms with Crippen LogP contribution in [0.5, 0.6) is 0 Å². The number of halogens is 2. The zero-order valence-electron chi connectivity index (χ0n) is 12.8. The zero-order chi connectivity index (χ0) is 15.8. The molecule has 118 valence electrons. The lowest BCUT2D eigenvalue weighted by Crippen LogP contribution is -2.17. The van der Waals surface area contributed by atoms with Crippen LogP contribution in [0.1, 0.15) is 56.3 Å². The van der Waals surface area contributed by atoms with Crippen molar-refractivity contribution in [3.63, 3.8) is 0 Å². The maximum absolute atomic E-state index is 13.7. The highest BCUT2D eigenvalue weighted by molar-refractivity contribution is 5.90. The number of methoxy groups -OCH3 is 1. The maximum Gasteiger partial charge on any atom is 0.340 e. The summed E-state index contributed by atoms with van der Waals surface area (Å²) < 4.78 is 31.8. The molecule has 0 aliphatic carbocycles. The predicted octanol–water partition coefficient (Wildman–Crippen LogP) is 4.52. The van der Waals surface area contributed by atoms with Crippen LogP contribution in [0.4, 0.5) is 14.5 Å². The number of benzene rings is 1. The summed E-state index contributed by atoms with van der Waals surface area (Å²) in [4.78, 5) is 11.4. The van der Waals surface area contributed by atoms with Crippen LogP contribution >= 0.6 is 0 Å². The molecule has 1 rings (SSSR count). The molecule has 0 saturated carbocycles. The van der Waals surface area contributed by atoms with Gasteiger partial charge in [-0.1, -0.05) is 32.6 Å². The van der Waals surface area contributed by atoms with E-state index < -0.39 is 17.6 Å². The monoisotopic (exact) mass is 299 g/mol. The van der Waals surface area contributed by atoms with Crippen molar-refractivity contribution in [2.75, 3.05) is 12.4 Å². The molecule has 5 heteroatoms.